The molecule has 6 nitrogen and oxygen atoms in total. The molecule has 0 unspecified atom stereocenters. The van der Waals surface area contributed by atoms with Crippen LogP contribution in [0.2, 0.25) is 0 Å². The molecule has 0 spiro atoms. The van der Waals surface area contributed by atoms with Gasteiger partial charge in [-0.15, -0.1) is 0 Å². The van der Waals surface area contributed by atoms with Crippen molar-refractivity contribution in [2.45, 2.75) is 47.6 Å². The molecule has 2 aliphatic rings. The van der Waals surface area contributed by atoms with E-state index < -0.39 is 0 Å². The van der Waals surface area contributed by atoms with Crippen LogP contribution in [0.25, 0.3) is 11.0 Å². The minimum Gasteiger partial charge on any atom is -0.384 e. The summed E-state index contributed by atoms with van der Waals surface area (Å²) in [5.74, 6) is 0. The van der Waals surface area contributed by atoms with Crippen molar-refractivity contribution >= 4 is 22.6 Å². The van der Waals surface area contributed by atoms with Gasteiger partial charge in [0.25, 0.3) is 0 Å². The first-order chi connectivity index (χ1) is 15.1. The maximum atomic E-state index is 6.55. The number of rotatable bonds is 4. The fourth-order valence-corrected chi connectivity index (χ4v) is 3.83. The summed E-state index contributed by atoms with van der Waals surface area (Å²) in [7, 11) is 0. The molecule has 0 amide bonds. The molecule has 3 heterocycles. The molecule has 1 aromatic heterocycles. The number of fused-ring (bicyclic) bond motifs is 1. The minimum absolute atomic E-state index is 0.677. The molecule has 0 aliphatic carbocycles. The Morgan fingerprint density at radius 2 is 1.77 bits per heavy atom. The molecular formula is C24H37ClN6. The largest absolute Gasteiger partial charge is 0.384 e. The summed E-state index contributed by atoms with van der Waals surface area (Å²) in [5.41, 5.74) is 6.36. The highest BCUT2D eigenvalue weighted by atomic mass is 35.5. The van der Waals surface area contributed by atoms with E-state index in [1.54, 1.807) is 12.4 Å². The topological polar surface area (TPSA) is 65.1 Å². The maximum absolute atomic E-state index is 6.55. The van der Waals surface area contributed by atoms with Crippen LogP contribution in [0.15, 0.2) is 47.2 Å². The van der Waals surface area contributed by atoms with Crippen molar-refractivity contribution in [1.29, 1.82) is 0 Å². The van der Waals surface area contributed by atoms with E-state index in [9.17, 15) is 0 Å². The van der Waals surface area contributed by atoms with Crippen molar-refractivity contribution < 1.29 is 0 Å². The fourth-order valence-electron chi connectivity index (χ4n) is 3.53. The van der Waals surface area contributed by atoms with Gasteiger partial charge >= 0.3 is 0 Å². The van der Waals surface area contributed by atoms with E-state index in [0.29, 0.717) is 13.1 Å². The molecule has 0 bridgehead atoms. The molecule has 1 aromatic carbocycles. The summed E-state index contributed by atoms with van der Waals surface area (Å²) in [4.78, 5) is 11.2. The lowest BCUT2D eigenvalue weighted by atomic mass is 10.1. The van der Waals surface area contributed by atoms with Crippen molar-refractivity contribution in [2.75, 3.05) is 32.7 Å². The summed E-state index contributed by atoms with van der Waals surface area (Å²) in [6.07, 6.45) is 6.74. The average molecular weight is 445 g/mol. The number of benzene rings is 1. The van der Waals surface area contributed by atoms with Crippen molar-refractivity contribution in [3.05, 3.63) is 58.3 Å². The first-order valence-electron chi connectivity index (χ1n) is 11.4. The molecule has 2 aliphatic heterocycles. The molecule has 0 radical (unpaired) electrons. The molecule has 4 rings (SSSR count). The molecule has 0 atom stereocenters. The Morgan fingerprint density at radius 1 is 1.10 bits per heavy atom. The van der Waals surface area contributed by atoms with E-state index in [2.05, 4.69) is 63.7 Å². The lowest BCUT2D eigenvalue weighted by Gasteiger charge is -2.35. The first kappa shape index (κ1) is 25.0. The summed E-state index contributed by atoms with van der Waals surface area (Å²) in [6, 6.07) is 4.26. The SMILES string of the molecule is CC.CCC.Cc1cc(CNC2=CNCC(Cl)=C2N2CCNCC2)cc2nccnc12. The highest BCUT2D eigenvalue weighted by molar-refractivity contribution is 6.30. The van der Waals surface area contributed by atoms with Gasteiger partial charge < -0.3 is 20.9 Å². The van der Waals surface area contributed by atoms with Gasteiger partial charge in [0.15, 0.2) is 0 Å². The van der Waals surface area contributed by atoms with Gasteiger partial charge in [0.05, 0.1) is 34.0 Å². The van der Waals surface area contributed by atoms with Crippen molar-refractivity contribution in [1.82, 2.24) is 30.8 Å². The summed E-state index contributed by atoms with van der Waals surface area (Å²) in [5, 5.41) is 11.1. The molecule has 2 aromatic rings. The Labute approximate surface area is 192 Å². The molecule has 7 heteroatoms. The zero-order valence-electron chi connectivity index (χ0n) is 19.6. The Hall–Kier alpha value is -2.31. The van der Waals surface area contributed by atoms with E-state index in [0.717, 1.165) is 59.2 Å². The zero-order chi connectivity index (χ0) is 22.6. The third-order valence-corrected chi connectivity index (χ3v) is 5.07. The highest BCUT2D eigenvalue weighted by Crippen LogP contribution is 2.24. The quantitative estimate of drug-likeness (QED) is 0.654. The van der Waals surface area contributed by atoms with Gasteiger partial charge in [0.1, 0.15) is 0 Å². The minimum atomic E-state index is 0.677. The zero-order valence-corrected chi connectivity index (χ0v) is 20.3. The number of piperazine rings is 1. The fraction of sp³-hybridized carbons (Fsp3) is 0.500. The first-order valence-corrected chi connectivity index (χ1v) is 11.7. The second-order valence-corrected chi connectivity index (χ2v) is 7.78. The van der Waals surface area contributed by atoms with Crippen LogP contribution < -0.4 is 16.0 Å². The number of halogens is 1. The second kappa shape index (κ2) is 13.2. The van der Waals surface area contributed by atoms with E-state index in [1.165, 1.54) is 12.0 Å². The number of hydrogen-bond donors (Lipinski definition) is 3. The molecule has 0 saturated carbocycles. The molecule has 3 N–H and O–H groups in total. The molecule has 170 valence electrons. The van der Waals surface area contributed by atoms with Crippen LogP contribution in [0, 0.1) is 6.92 Å². The van der Waals surface area contributed by atoms with E-state index in [1.807, 2.05) is 20.0 Å². The van der Waals surface area contributed by atoms with E-state index in [-0.39, 0.29) is 0 Å². The smallest absolute Gasteiger partial charge is 0.0916 e. The van der Waals surface area contributed by atoms with Crippen LogP contribution >= 0.6 is 11.6 Å². The van der Waals surface area contributed by atoms with Gasteiger partial charge in [-0.05, 0) is 24.1 Å². The summed E-state index contributed by atoms with van der Waals surface area (Å²) in [6.45, 7) is 15.6. The van der Waals surface area contributed by atoms with Gasteiger partial charge in [-0.25, -0.2) is 0 Å². The van der Waals surface area contributed by atoms with Gasteiger partial charge in [-0.2, -0.15) is 0 Å². The van der Waals surface area contributed by atoms with Crippen molar-refractivity contribution in [3.63, 3.8) is 0 Å². The van der Waals surface area contributed by atoms with Crippen LogP contribution in [0.5, 0.6) is 0 Å². The van der Waals surface area contributed by atoms with Gasteiger partial charge in [0, 0.05) is 51.3 Å². The Morgan fingerprint density at radius 3 is 2.48 bits per heavy atom. The normalized spacial score (nSPS) is 15.8. The van der Waals surface area contributed by atoms with Crippen molar-refractivity contribution in [2.24, 2.45) is 0 Å². The van der Waals surface area contributed by atoms with Crippen LogP contribution in [0.1, 0.15) is 45.2 Å². The molecule has 31 heavy (non-hydrogen) atoms. The molecular weight excluding hydrogens is 408 g/mol. The van der Waals surface area contributed by atoms with Crippen LogP contribution in [0.3, 0.4) is 0 Å². The number of hydrogen-bond acceptors (Lipinski definition) is 6. The van der Waals surface area contributed by atoms with E-state index in [4.69, 9.17) is 11.6 Å². The summed E-state index contributed by atoms with van der Waals surface area (Å²) < 4.78 is 0. The number of aryl methyl sites for hydroxylation is 1. The standard InChI is InChI=1S/C19H23ClN6.C3H8.C2H6/c1-13-8-14(9-16-18(13)24-3-2-23-16)10-25-17-12-22-11-15(20)19(17)26-6-4-21-5-7-26;1-3-2;1-2/h2-3,8-9,12,21-22,25H,4-7,10-11H2,1H3;3H2,1-2H3;1-2H3. The van der Waals surface area contributed by atoms with Gasteiger partial charge in [-0.3, -0.25) is 9.97 Å². The monoisotopic (exact) mass is 444 g/mol. The third-order valence-electron chi connectivity index (χ3n) is 4.76. The van der Waals surface area contributed by atoms with Crippen LogP contribution in [-0.4, -0.2) is 47.6 Å². The Balaban J connectivity index is 0.000000630. The highest BCUT2D eigenvalue weighted by Gasteiger charge is 2.22. The second-order valence-electron chi connectivity index (χ2n) is 7.33. The number of dihydropyridines is 1. The summed E-state index contributed by atoms with van der Waals surface area (Å²) >= 11 is 6.55. The molecule has 1 saturated heterocycles. The maximum Gasteiger partial charge on any atom is 0.0916 e. The van der Waals surface area contributed by atoms with E-state index >= 15 is 0 Å². The number of nitrogens with one attached hydrogen (secondary N) is 3. The lowest BCUT2D eigenvalue weighted by Crippen LogP contribution is -2.45. The molecule has 1 fully saturated rings. The number of aromatic nitrogens is 2. The van der Waals surface area contributed by atoms with Crippen LogP contribution in [-0.2, 0) is 6.54 Å². The van der Waals surface area contributed by atoms with Gasteiger partial charge in [0.2, 0.25) is 0 Å². The Bertz CT molecular complexity index is 887. The third kappa shape index (κ3) is 6.84. The van der Waals surface area contributed by atoms with Gasteiger partial charge in [-0.1, -0.05) is 51.8 Å². The predicted octanol–water partition coefficient (Wildman–Crippen LogP) is 4.27. The average Bonchev–Trinajstić information content (AvgIpc) is 2.80. The lowest BCUT2D eigenvalue weighted by molar-refractivity contribution is 0.298. The Kier molecular flexibility index (Phi) is 10.6. The predicted molar refractivity (Wildman–Crippen MR) is 132 cm³/mol. The van der Waals surface area contributed by atoms with Crippen LogP contribution in [0.4, 0.5) is 0 Å². The number of nitrogens with zero attached hydrogens (tertiary/aromatic N) is 3. The van der Waals surface area contributed by atoms with Crippen molar-refractivity contribution in [3.8, 4) is 0 Å².